The van der Waals surface area contributed by atoms with E-state index in [1.165, 1.54) is 6.07 Å². The number of halogens is 2. The van der Waals surface area contributed by atoms with Crippen LogP contribution in [0.2, 0.25) is 5.02 Å². The first-order valence-electron chi connectivity index (χ1n) is 7.20. The molecule has 0 spiro atoms. The number of para-hydroxylation sites is 1. The van der Waals surface area contributed by atoms with Gasteiger partial charge in [0.1, 0.15) is 5.82 Å². The smallest absolute Gasteiger partial charge is 0.176 e. The third-order valence-corrected chi connectivity index (χ3v) is 3.72. The molecule has 2 aromatic carbocycles. The lowest BCUT2D eigenvalue weighted by Crippen LogP contribution is -2.20. The zero-order chi connectivity index (χ0) is 16.9. The van der Waals surface area contributed by atoms with E-state index in [0.717, 1.165) is 5.56 Å². The van der Waals surface area contributed by atoms with Crippen LogP contribution in [0.3, 0.4) is 0 Å². The molecule has 0 amide bonds. The summed E-state index contributed by atoms with van der Waals surface area (Å²) in [5.41, 5.74) is 1.40. The van der Waals surface area contributed by atoms with Gasteiger partial charge in [-0.2, -0.15) is 5.10 Å². The largest absolute Gasteiger partial charge is 0.330 e. The number of thiocarbonyl (C=S) groups is 1. The van der Waals surface area contributed by atoms with E-state index < -0.39 is 0 Å². The molecule has 3 rings (SSSR count). The summed E-state index contributed by atoms with van der Waals surface area (Å²) >= 11 is 11.1. The quantitative estimate of drug-likeness (QED) is 0.671. The van der Waals surface area contributed by atoms with Crippen LogP contribution < -0.4 is 10.6 Å². The molecule has 4 nitrogen and oxygen atoms in total. The lowest BCUT2D eigenvalue weighted by atomic mass is 10.2. The van der Waals surface area contributed by atoms with Crippen molar-refractivity contribution >= 4 is 40.4 Å². The van der Waals surface area contributed by atoms with Crippen LogP contribution in [-0.4, -0.2) is 14.9 Å². The van der Waals surface area contributed by atoms with Crippen molar-refractivity contribution in [1.29, 1.82) is 0 Å². The average Bonchev–Trinajstić information content (AvgIpc) is 2.99. The Kier molecular flexibility index (Phi) is 5.08. The minimum atomic E-state index is -0.366. The molecule has 0 fully saturated rings. The number of nitrogens with one attached hydrogen (secondary N) is 2. The number of rotatable bonds is 4. The van der Waals surface area contributed by atoms with Gasteiger partial charge in [-0.1, -0.05) is 35.9 Å². The lowest BCUT2D eigenvalue weighted by Gasteiger charge is -2.09. The molecule has 3 aromatic rings. The van der Waals surface area contributed by atoms with Crippen molar-refractivity contribution in [2.75, 3.05) is 10.6 Å². The Morgan fingerprint density at radius 2 is 1.83 bits per heavy atom. The van der Waals surface area contributed by atoms with E-state index in [0.29, 0.717) is 23.1 Å². The molecule has 24 heavy (non-hydrogen) atoms. The fourth-order valence-electron chi connectivity index (χ4n) is 2.13. The predicted molar refractivity (Wildman–Crippen MR) is 99.0 cm³/mol. The summed E-state index contributed by atoms with van der Waals surface area (Å²) in [6, 6.07) is 15.7. The highest BCUT2D eigenvalue weighted by atomic mass is 35.5. The molecule has 7 heteroatoms. The number of hydrogen-bond acceptors (Lipinski definition) is 2. The molecule has 0 aliphatic heterocycles. The molecule has 1 heterocycles. The zero-order valence-corrected chi connectivity index (χ0v) is 14.1. The molecule has 2 N–H and O–H groups in total. The van der Waals surface area contributed by atoms with E-state index in [-0.39, 0.29) is 10.9 Å². The second-order valence-corrected chi connectivity index (χ2v) is 5.93. The van der Waals surface area contributed by atoms with E-state index in [4.69, 9.17) is 23.8 Å². The summed E-state index contributed by atoms with van der Waals surface area (Å²) < 4.78 is 15.4. The third kappa shape index (κ3) is 4.31. The highest BCUT2D eigenvalue weighted by Crippen LogP contribution is 2.14. The molecular formula is C17H14ClFN4S. The maximum atomic E-state index is 13.6. The van der Waals surface area contributed by atoms with Gasteiger partial charge in [-0.3, -0.25) is 4.68 Å². The molecular weight excluding hydrogens is 347 g/mol. The van der Waals surface area contributed by atoms with Crippen molar-refractivity contribution in [3.8, 4) is 0 Å². The van der Waals surface area contributed by atoms with Crippen molar-refractivity contribution < 1.29 is 4.39 Å². The summed E-state index contributed by atoms with van der Waals surface area (Å²) in [5.74, 6) is 0.215. The van der Waals surface area contributed by atoms with Gasteiger partial charge in [0, 0.05) is 17.3 Å². The minimum Gasteiger partial charge on any atom is -0.330 e. The Morgan fingerprint density at radius 1 is 1.08 bits per heavy atom. The Labute approximate surface area is 149 Å². The SMILES string of the molecule is Fc1ccccc1NC(=S)Nc1ccn(Cc2ccc(Cl)cc2)n1. The first-order chi connectivity index (χ1) is 11.6. The van der Waals surface area contributed by atoms with Gasteiger partial charge in [-0.05, 0) is 42.0 Å². The molecule has 0 aliphatic rings. The van der Waals surface area contributed by atoms with Gasteiger partial charge in [-0.25, -0.2) is 4.39 Å². The fraction of sp³-hybridized carbons (Fsp3) is 0.0588. The maximum absolute atomic E-state index is 13.6. The zero-order valence-electron chi connectivity index (χ0n) is 12.5. The summed E-state index contributed by atoms with van der Waals surface area (Å²) in [5, 5.41) is 11.1. The first kappa shape index (κ1) is 16.4. The first-order valence-corrected chi connectivity index (χ1v) is 7.99. The normalized spacial score (nSPS) is 10.4. The van der Waals surface area contributed by atoms with Gasteiger partial charge in [0.2, 0.25) is 0 Å². The number of hydrogen-bond donors (Lipinski definition) is 2. The summed E-state index contributed by atoms with van der Waals surface area (Å²) in [7, 11) is 0. The van der Waals surface area contributed by atoms with Crippen LogP contribution in [0.25, 0.3) is 0 Å². The summed E-state index contributed by atoms with van der Waals surface area (Å²) in [4.78, 5) is 0. The average molecular weight is 361 g/mol. The van der Waals surface area contributed by atoms with Crippen molar-refractivity contribution in [2.24, 2.45) is 0 Å². The summed E-state index contributed by atoms with van der Waals surface area (Å²) in [6.45, 7) is 0.617. The highest BCUT2D eigenvalue weighted by Gasteiger charge is 2.05. The minimum absolute atomic E-state index is 0.275. The van der Waals surface area contributed by atoms with Gasteiger partial charge < -0.3 is 10.6 Å². The van der Waals surface area contributed by atoms with Crippen molar-refractivity contribution in [3.63, 3.8) is 0 Å². The van der Waals surface area contributed by atoms with Crippen LogP contribution in [0.15, 0.2) is 60.8 Å². The van der Waals surface area contributed by atoms with Crippen LogP contribution in [0.5, 0.6) is 0 Å². The van der Waals surface area contributed by atoms with Crippen LogP contribution in [0.1, 0.15) is 5.56 Å². The van der Waals surface area contributed by atoms with Crippen LogP contribution >= 0.6 is 23.8 Å². The molecule has 0 unspecified atom stereocenters. The number of nitrogens with zero attached hydrogens (tertiary/aromatic N) is 2. The third-order valence-electron chi connectivity index (χ3n) is 3.26. The topological polar surface area (TPSA) is 41.9 Å². The molecule has 1 aromatic heterocycles. The second-order valence-electron chi connectivity index (χ2n) is 5.08. The Morgan fingerprint density at radius 3 is 2.58 bits per heavy atom. The standard InChI is InChI=1S/C17H14ClFN4S/c18-13-7-5-12(6-8-13)11-23-10-9-16(22-23)21-17(24)20-15-4-2-1-3-14(15)19/h1-10H,11H2,(H2,20,21,22,24). The van der Waals surface area contributed by atoms with E-state index >= 15 is 0 Å². The van der Waals surface area contributed by atoms with Gasteiger partial charge in [0.05, 0.1) is 12.2 Å². The molecule has 0 aliphatic carbocycles. The van der Waals surface area contributed by atoms with E-state index in [2.05, 4.69) is 15.7 Å². The summed E-state index contributed by atoms with van der Waals surface area (Å²) in [6.07, 6.45) is 1.84. The van der Waals surface area contributed by atoms with E-state index in [1.54, 1.807) is 28.9 Å². The van der Waals surface area contributed by atoms with Crippen LogP contribution in [-0.2, 0) is 6.54 Å². The molecule has 0 saturated carbocycles. The fourth-order valence-corrected chi connectivity index (χ4v) is 2.47. The number of anilines is 2. The molecule has 0 radical (unpaired) electrons. The molecule has 0 bridgehead atoms. The Balaban J connectivity index is 1.60. The number of benzene rings is 2. The Bertz CT molecular complexity index is 848. The Hall–Kier alpha value is -2.44. The van der Waals surface area contributed by atoms with Crippen LogP contribution in [0, 0.1) is 5.82 Å². The van der Waals surface area contributed by atoms with Crippen LogP contribution in [0.4, 0.5) is 15.9 Å². The predicted octanol–water partition coefficient (Wildman–Crippen LogP) is 4.53. The number of aromatic nitrogens is 2. The second kappa shape index (κ2) is 7.42. The van der Waals surface area contributed by atoms with Gasteiger partial charge >= 0.3 is 0 Å². The van der Waals surface area contributed by atoms with Gasteiger partial charge in [0.15, 0.2) is 10.9 Å². The molecule has 0 atom stereocenters. The maximum Gasteiger partial charge on any atom is 0.176 e. The van der Waals surface area contributed by atoms with E-state index in [9.17, 15) is 4.39 Å². The van der Waals surface area contributed by atoms with Crippen molar-refractivity contribution in [1.82, 2.24) is 9.78 Å². The van der Waals surface area contributed by atoms with Gasteiger partial charge in [0.25, 0.3) is 0 Å². The molecule has 0 saturated heterocycles. The van der Waals surface area contributed by atoms with Gasteiger partial charge in [-0.15, -0.1) is 0 Å². The lowest BCUT2D eigenvalue weighted by molar-refractivity contribution is 0.632. The highest BCUT2D eigenvalue weighted by molar-refractivity contribution is 7.80. The molecule has 122 valence electrons. The monoisotopic (exact) mass is 360 g/mol. The van der Waals surface area contributed by atoms with Crippen molar-refractivity contribution in [3.05, 3.63) is 77.2 Å². The van der Waals surface area contributed by atoms with E-state index in [1.807, 2.05) is 30.5 Å². The van der Waals surface area contributed by atoms with Crippen molar-refractivity contribution in [2.45, 2.75) is 6.54 Å².